The fourth-order valence-corrected chi connectivity index (χ4v) is 4.44. The number of aryl methyl sites for hydroxylation is 3. The molecule has 0 amide bonds. The molecular formula is C26H26ClNO. The smallest absolute Gasteiger partial charge is 0.155 e. The van der Waals surface area contributed by atoms with E-state index >= 15 is 0 Å². The fraction of sp³-hybridized carbons (Fsp3) is 0.231. The zero-order valence-corrected chi connectivity index (χ0v) is 17.8. The molecule has 1 saturated carbocycles. The van der Waals surface area contributed by atoms with Crippen molar-refractivity contribution in [2.24, 2.45) is 5.92 Å². The molecule has 3 heteroatoms. The van der Waals surface area contributed by atoms with E-state index in [0.29, 0.717) is 0 Å². The second-order valence-corrected chi connectivity index (χ2v) is 8.75. The fourth-order valence-electron chi connectivity index (χ4n) is 4.00. The third-order valence-electron chi connectivity index (χ3n) is 5.81. The molecule has 0 heterocycles. The molecule has 0 saturated heterocycles. The summed E-state index contributed by atoms with van der Waals surface area (Å²) in [6, 6.07) is 22.9. The van der Waals surface area contributed by atoms with Gasteiger partial charge >= 0.3 is 0 Å². The van der Waals surface area contributed by atoms with Gasteiger partial charge in [-0.05, 0) is 55.2 Å². The Bertz CT molecular complexity index is 1050. The number of aliphatic hydroxyl groups is 1. The van der Waals surface area contributed by atoms with Crippen LogP contribution >= 0.6 is 11.6 Å². The Morgan fingerprint density at radius 3 is 2.14 bits per heavy atom. The predicted molar refractivity (Wildman–Crippen MR) is 122 cm³/mol. The molecule has 0 radical (unpaired) electrons. The maximum Gasteiger partial charge on any atom is 0.155 e. The minimum atomic E-state index is -1.30. The van der Waals surface area contributed by atoms with E-state index in [4.69, 9.17) is 11.6 Å². The molecule has 3 atom stereocenters. The topological polar surface area (TPSA) is 32.3 Å². The highest BCUT2D eigenvalue weighted by Gasteiger charge is 2.65. The maximum atomic E-state index is 10.7. The Labute approximate surface area is 177 Å². The van der Waals surface area contributed by atoms with Gasteiger partial charge in [0.1, 0.15) is 0 Å². The quantitative estimate of drug-likeness (QED) is 0.473. The van der Waals surface area contributed by atoms with Crippen molar-refractivity contribution in [3.63, 3.8) is 0 Å². The molecule has 3 unspecified atom stereocenters. The average molecular weight is 404 g/mol. The van der Waals surface area contributed by atoms with Crippen molar-refractivity contribution in [2.45, 2.75) is 31.7 Å². The van der Waals surface area contributed by atoms with Gasteiger partial charge in [-0.1, -0.05) is 83.9 Å². The van der Waals surface area contributed by atoms with Crippen LogP contribution in [0.25, 0.3) is 11.1 Å². The van der Waals surface area contributed by atoms with Crippen molar-refractivity contribution in [1.29, 1.82) is 0 Å². The van der Waals surface area contributed by atoms with Crippen LogP contribution in [0.2, 0.25) is 0 Å². The Hall–Kier alpha value is -2.55. The first kappa shape index (κ1) is 19.8. The average Bonchev–Trinajstić information content (AvgIpc) is 3.27. The standard InChI is InChI=1S/C26H26ClNO/c1-16-5-10-20(11-6-16)23-15-22(14-9-18(23)3)28-19(4)24-25(26(24,27)29)21-12-7-17(2)8-13-21/h5-15,24-25,28-29H,4H2,1-3H3. The van der Waals surface area contributed by atoms with Crippen molar-refractivity contribution in [2.75, 3.05) is 5.32 Å². The number of hydrogen-bond donors (Lipinski definition) is 2. The predicted octanol–water partition coefficient (Wildman–Crippen LogP) is 6.55. The second kappa shape index (κ2) is 7.37. The minimum Gasteiger partial charge on any atom is -0.374 e. The zero-order chi connectivity index (χ0) is 20.8. The zero-order valence-electron chi connectivity index (χ0n) is 17.0. The third-order valence-corrected chi connectivity index (χ3v) is 6.28. The van der Waals surface area contributed by atoms with Gasteiger partial charge in [-0.25, -0.2) is 0 Å². The molecule has 0 aliphatic heterocycles. The van der Waals surface area contributed by atoms with Crippen LogP contribution in [0.5, 0.6) is 0 Å². The summed E-state index contributed by atoms with van der Waals surface area (Å²) in [5.74, 6) is -0.400. The number of rotatable bonds is 5. The van der Waals surface area contributed by atoms with E-state index < -0.39 is 5.06 Å². The molecule has 2 N–H and O–H groups in total. The lowest BCUT2D eigenvalue weighted by atomic mass is 9.99. The molecule has 1 aliphatic rings. The van der Waals surface area contributed by atoms with E-state index in [1.165, 1.54) is 27.8 Å². The SMILES string of the molecule is C=C(Nc1ccc(C)c(-c2ccc(C)cc2)c1)C1C(c2ccc(C)cc2)C1(O)Cl. The first-order chi connectivity index (χ1) is 13.8. The van der Waals surface area contributed by atoms with Crippen molar-refractivity contribution in [3.05, 3.63) is 101 Å². The summed E-state index contributed by atoms with van der Waals surface area (Å²) in [7, 11) is 0. The van der Waals surface area contributed by atoms with Gasteiger partial charge in [-0.15, -0.1) is 0 Å². The van der Waals surface area contributed by atoms with Crippen LogP contribution in [0.4, 0.5) is 5.69 Å². The number of halogens is 1. The summed E-state index contributed by atoms with van der Waals surface area (Å²) in [6.07, 6.45) is 0. The van der Waals surface area contributed by atoms with Crippen LogP contribution in [-0.2, 0) is 0 Å². The van der Waals surface area contributed by atoms with Crippen molar-refractivity contribution < 1.29 is 5.11 Å². The lowest BCUT2D eigenvalue weighted by Crippen LogP contribution is -2.07. The van der Waals surface area contributed by atoms with Crippen LogP contribution in [0.3, 0.4) is 0 Å². The molecule has 3 aromatic carbocycles. The molecule has 1 aliphatic carbocycles. The molecular weight excluding hydrogens is 378 g/mol. The van der Waals surface area contributed by atoms with Crippen molar-refractivity contribution in [1.82, 2.24) is 0 Å². The molecule has 0 aromatic heterocycles. The molecule has 1 fully saturated rings. The summed E-state index contributed by atoms with van der Waals surface area (Å²) in [6.45, 7) is 10.4. The van der Waals surface area contributed by atoms with E-state index in [0.717, 1.165) is 16.9 Å². The van der Waals surface area contributed by atoms with Gasteiger partial charge in [-0.2, -0.15) is 0 Å². The van der Waals surface area contributed by atoms with E-state index in [1.807, 2.05) is 37.3 Å². The molecule has 0 spiro atoms. The van der Waals surface area contributed by atoms with Crippen LogP contribution in [0.1, 0.15) is 28.2 Å². The number of hydrogen-bond acceptors (Lipinski definition) is 2. The van der Waals surface area contributed by atoms with Gasteiger partial charge in [0.05, 0.1) is 5.92 Å². The maximum absolute atomic E-state index is 10.7. The van der Waals surface area contributed by atoms with Crippen LogP contribution in [-0.4, -0.2) is 10.2 Å². The summed E-state index contributed by atoms with van der Waals surface area (Å²) < 4.78 is 0. The number of alkyl halides is 1. The first-order valence-electron chi connectivity index (χ1n) is 9.88. The largest absolute Gasteiger partial charge is 0.374 e. The highest BCUT2D eigenvalue weighted by molar-refractivity contribution is 6.26. The molecule has 0 bridgehead atoms. The van der Waals surface area contributed by atoms with Crippen molar-refractivity contribution >= 4 is 17.3 Å². The van der Waals surface area contributed by atoms with Crippen LogP contribution in [0.15, 0.2) is 79.0 Å². The van der Waals surface area contributed by atoms with E-state index in [-0.39, 0.29) is 11.8 Å². The Morgan fingerprint density at radius 2 is 1.52 bits per heavy atom. The highest BCUT2D eigenvalue weighted by atomic mass is 35.5. The Morgan fingerprint density at radius 1 is 0.931 bits per heavy atom. The lowest BCUT2D eigenvalue weighted by Gasteiger charge is -2.13. The molecule has 4 rings (SSSR count). The third kappa shape index (κ3) is 3.83. The van der Waals surface area contributed by atoms with Gasteiger partial charge in [0, 0.05) is 17.3 Å². The normalized spacial score (nSPS) is 22.9. The van der Waals surface area contributed by atoms with Gasteiger partial charge in [0.2, 0.25) is 0 Å². The number of nitrogens with one attached hydrogen (secondary N) is 1. The van der Waals surface area contributed by atoms with Crippen molar-refractivity contribution in [3.8, 4) is 11.1 Å². The summed E-state index contributed by atoms with van der Waals surface area (Å²) in [5, 5.41) is 12.8. The molecule has 29 heavy (non-hydrogen) atoms. The Balaban J connectivity index is 1.55. The van der Waals surface area contributed by atoms with E-state index in [9.17, 15) is 5.11 Å². The molecule has 3 aromatic rings. The first-order valence-corrected chi connectivity index (χ1v) is 10.3. The highest BCUT2D eigenvalue weighted by Crippen LogP contribution is 2.63. The number of benzene rings is 3. The van der Waals surface area contributed by atoms with Gasteiger partial charge < -0.3 is 10.4 Å². The number of anilines is 1. The minimum absolute atomic E-state index is 0.160. The second-order valence-electron chi connectivity index (χ2n) is 8.14. The monoisotopic (exact) mass is 403 g/mol. The van der Waals surface area contributed by atoms with Crippen LogP contribution in [0, 0.1) is 26.7 Å². The summed E-state index contributed by atoms with van der Waals surface area (Å²) in [4.78, 5) is 0. The van der Waals surface area contributed by atoms with Crippen LogP contribution < -0.4 is 5.32 Å². The summed E-state index contributed by atoms with van der Waals surface area (Å²) >= 11 is 6.43. The molecule has 148 valence electrons. The van der Waals surface area contributed by atoms with E-state index in [1.54, 1.807) is 0 Å². The summed E-state index contributed by atoms with van der Waals surface area (Å²) in [5.41, 5.74) is 8.70. The Kier molecular flexibility index (Phi) is 5.02. The van der Waals surface area contributed by atoms with E-state index in [2.05, 4.69) is 62.1 Å². The van der Waals surface area contributed by atoms with Gasteiger partial charge in [0.15, 0.2) is 5.06 Å². The molecule has 2 nitrogen and oxygen atoms in total. The van der Waals surface area contributed by atoms with Gasteiger partial charge in [-0.3, -0.25) is 0 Å². The lowest BCUT2D eigenvalue weighted by molar-refractivity contribution is 0.219. The van der Waals surface area contributed by atoms with Gasteiger partial charge in [0.25, 0.3) is 0 Å².